The Morgan fingerprint density at radius 1 is 0.170 bits per heavy atom. The van der Waals surface area contributed by atoms with Crippen molar-refractivity contribution in [2.75, 3.05) is 0 Å². The number of pyridine rings is 2. The van der Waals surface area contributed by atoms with Gasteiger partial charge in [0.05, 0.1) is 45.0 Å². The normalized spacial score (nSPS) is 12.9. The summed E-state index contributed by atoms with van der Waals surface area (Å²) in [4.78, 5) is 39.3. The van der Waals surface area contributed by atoms with Crippen LogP contribution < -0.4 is 0 Å². The molecule has 0 bridgehead atoms. The van der Waals surface area contributed by atoms with Crippen molar-refractivity contribution in [2.24, 2.45) is 0 Å². The Morgan fingerprint density at radius 3 is 0.830 bits per heavy atom. The molecule has 5 heterocycles. The molecule has 18 aromatic carbocycles. The van der Waals surface area contributed by atoms with Crippen LogP contribution in [0.4, 0.5) is 0 Å². The zero-order valence-electron chi connectivity index (χ0n) is 77.6. The highest BCUT2D eigenvalue weighted by Gasteiger charge is 2.52. The summed E-state index contributed by atoms with van der Waals surface area (Å²) in [5.74, 6) is 2.14. The minimum Gasteiger partial charge on any atom is -0.264 e. The van der Waals surface area contributed by atoms with E-state index in [0.717, 1.165) is 118 Å². The van der Waals surface area contributed by atoms with E-state index in [-0.39, 0.29) is 10.8 Å². The van der Waals surface area contributed by atoms with E-state index in [1.165, 1.54) is 122 Å². The van der Waals surface area contributed by atoms with Gasteiger partial charge in [0.2, 0.25) is 0 Å². The SMILES string of the molecule is CC1(C)c2ccc(-c3cc(-c4ccc(-c5cccnc5)cc4)nc(-c4ccccc4)n3)cc2-c2c1ccc1ccccc21.c1ccc(-c2ccc(-c3cc(-c4ccc5c(c4)-c4ccccc4C54c5ccccc5-c5ccccc54)nc(-c4ccccc4)n3)cc2)cc1.c1ccc(-c2nc(-c3ccc(-c4cccnc4)cc3)cc(-c3ccc4c(c3)-c3ccccc3C4(c3ccccc3)c3ccccc3)n2)cc1. The third-order valence-electron chi connectivity index (χ3n) is 28.8. The van der Waals surface area contributed by atoms with Crippen LogP contribution in [0.15, 0.2) is 510 Å². The molecule has 4 aliphatic carbocycles. The Hall–Kier alpha value is -18.2. The minimum absolute atomic E-state index is 0.0741. The van der Waals surface area contributed by atoms with Gasteiger partial charge in [-0.3, -0.25) is 9.97 Å². The first-order chi connectivity index (χ1) is 69.6. The van der Waals surface area contributed by atoms with Crippen LogP contribution in [0.1, 0.15) is 69.5 Å². The largest absolute Gasteiger partial charge is 0.264 e. The monoisotopic (exact) mass is 1800 g/mol. The van der Waals surface area contributed by atoms with Crippen LogP contribution in [0.25, 0.3) is 190 Å². The average molecular weight is 1800 g/mol. The third kappa shape index (κ3) is 14.9. The Balaban J connectivity index is 0.000000112. The Bertz CT molecular complexity index is 8340. The molecule has 0 saturated heterocycles. The molecule has 0 N–H and O–H groups in total. The Morgan fingerprint density at radius 2 is 0.440 bits per heavy atom. The Labute approximate surface area is 820 Å². The van der Waals surface area contributed by atoms with Crippen molar-refractivity contribution >= 4 is 10.8 Å². The van der Waals surface area contributed by atoms with Gasteiger partial charge in [-0.25, -0.2) is 29.9 Å². The van der Waals surface area contributed by atoms with Gasteiger partial charge in [0, 0.05) is 80.3 Å². The van der Waals surface area contributed by atoms with E-state index in [1.54, 1.807) is 12.4 Å². The van der Waals surface area contributed by atoms with Gasteiger partial charge in [-0.1, -0.05) is 451 Å². The van der Waals surface area contributed by atoms with E-state index in [0.29, 0.717) is 5.82 Å². The first kappa shape index (κ1) is 84.5. The molecule has 0 atom stereocenters. The number of aromatic nitrogens is 8. The molecule has 5 aromatic heterocycles. The maximum atomic E-state index is 5.20. The topological polar surface area (TPSA) is 103 Å². The second kappa shape index (κ2) is 35.5. The molecule has 0 unspecified atom stereocenters. The lowest BCUT2D eigenvalue weighted by atomic mass is 9.67. The van der Waals surface area contributed by atoms with E-state index in [2.05, 4.69) is 436 Å². The fourth-order valence-corrected chi connectivity index (χ4v) is 22.1. The molecular formula is C133H90N8. The molecule has 4 aliphatic rings. The fourth-order valence-electron chi connectivity index (χ4n) is 22.1. The predicted molar refractivity (Wildman–Crippen MR) is 576 cm³/mol. The summed E-state index contributed by atoms with van der Waals surface area (Å²) in [6.45, 7) is 4.66. The molecule has 8 heteroatoms. The summed E-state index contributed by atoms with van der Waals surface area (Å²) in [7, 11) is 0. The summed E-state index contributed by atoms with van der Waals surface area (Å²) < 4.78 is 0. The first-order valence-electron chi connectivity index (χ1n) is 48.1. The number of nitrogens with zero attached hydrogens (tertiary/aromatic N) is 8. The van der Waals surface area contributed by atoms with Crippen molar-refractivity contribution in [3.8, 4) is 180 Å². The van der Waals surface area contributed by atoms with Gasteiger partial charge in [-0.2, -0.15) is 0 Å². The van der Waals surface area contributed by atoms with E-state index in [4.69, 9.17) is 29.9 Å². The molecular weight excluding hydrogens is 1710 g/mol. The highest BCUT2D eigenvalue weighted by Crippen LogP contribution is 2.64. The molecule has 8 nitrogen and oxygen atoms in total. The van der Waals surface area contributed by atoms with Crippen LogP contribution in [0.2, 0.25) is 0 Å². The molecule has 0 amide bonds. The number of benzene rings is 18. The number of fused-ring (bicyclic) bond motifs is 18. The van der Waals surface area contributed by atoms with E-state index in [9.17, 15) is 0 Å². The maximum absolute atomic E-state index is 5.20. The maximum Gasteiger partial charge on any atom is 0.160 e. The average Bonchev–Trinajstić information content (AvgIpc) is 1.51. The van der Waals surface area contributed by atoms with Gasteiger partial charge >= 0.3 is 0 Å². The van der Waals surface area contributed by atoms with Crippen molar-refractivity contribution in [3.05, 3.63) is 566 Å². The molecule has 662 valence electrons. The van der Waals surface area contributed by atoms with Crippen molar-refractivity contribution < 1.29 is 0 Å². The molecule has 0 fully saturated rings. The van der Waals surface area contributed by atoms with E-state index >= 15 is 0 Å². The third-order valence-corrected chi connectivity index (χ3v) is 28.8. The summed E-state index contributed by atoms with van der Waals surface area (Å²) in [6, 6.07) is 173. The second-order valence-corrected chi connectivity index (χ2v) is 37.1. The minimum atomic E-state index is -0.435. The van der Waals surface area contributed by atoms with Crippen LogP contribution in [-0.4, -0.2) is 39.9 Å². The number of hydrogen-bond donors (Lipinski definition) is 0. The lowest BCUT2D eigenvalue weighted by Crippen LogP contribution is -2.28. The quantitative estimate of drug-likeness (QED) is 0.106. The smallest absolute Gasteiger partial charge is 0.160 e. The summed E-state index contributed by atoms with van der Waals surface area (Å²) in [5.41, 5.74) is 44.1. The highest BCUT2D eigenvalue weighted by molar-refractivity contribution is 6.04. The molecule has 1 spiro atoms. The first-order valence-corrected chi connectivity index (χ1v) is 48.1. The zero-order chi connectivity index (χ0) is 94.0. The molecule has 0 radical (unpaired) electrons. The lowest BCUT2D eigenvalue weighted by Gasteiger charge is -2.33. The van der Waals surface area contributed by atoms with Crippen LogP contribution in [0.3, 0.4) is 0 Å². The van der Waals surface area contributed by atoms with Crippen LogP contribution in [0.5, 0.6) is 0 Å². The summed E-state index contributed by atoms with van der Waals surface area (Å²) in [6.07, 6.45) is 7.38. The fraction of sp³-hybridized carbons (Fsp3) is 0.0376. The van der Waals surface area contributed by atoms with Gasteiger partial charge < -0.3 is 0 Å². The Kier molecular flexibility index (Phi) is 21.3. The number of hydrogen-bond acceptors (Lipinski definition) is 8. The van der Waals surface area contributed by atoms with Gasteiger partial charge in [-0.05, 0) is 193 Å². The molecule has 0 saturated carbocycles. The summed E-state index contributed by atoms with van der Waals surface area (Å²) >= 11 is 0. The number of rotatable bonds is 14. The van der Waals surface area contributed by atoms with Crippen LogP contribution >= 0.6 is 0 Å². The molecule has 0 aliphatic heterocycles. The van der Waals surface area contributed by atoms with E-state index < -0.39 is 5.41 Å². The van der Waals surface area contributed by atoms with Crippen molar-refractivity contribution in [3.63, 3.8) is 0 Å². The van der Waals surface area contributed by atoms with Crippen molar-refractivity contribution in [1.82, 2.24) is 39.9 Å². The van der Waals surface area contributed by atoms with Gasteiger partial charge in [-0.15, -0.1) is 0 Å². The molecule has 27 rings (SSSR count). The van der Waals surface area contributed by atoms with Gasteiger partial charge in [0.15, 0.2) is 17.5 Å². The van der Waals surface area contributed by atoms with Crippen molar-refractivity contribution in [2.45, 2.75) is 30.1 Å². The lowest BCUT2D eigenvalue weighted by molar-refractivity contribution is 0.661. The van der Waals surface area contributed by atoms with Gasteiger partial charge in [0.25, 0.3) is 0 Å². The van der Waals surface area contributed by atoms with Crippen LogP contribution in [-0.2, 0) is 16.2 Å². The molecule has 141 heavy (non-hydrogen) atoms. The standard InChI is InChI=1S/C47H30N2.C46H31N3.C40H29N3/c1-3-13-31(14-4-1)32-23-25-33(26-24-32)44-30-45(49-46(48-44)34-15-5-2-6-16-34)35-27-28-43-39(29-35)38-19-9-12-22-42(38)47(43)40-20-10-7-17-36(40)37-18-8-11-21-41(37)47;1-4-13-34(14-5-1)45-48-43(33-24-22-32(23-25-33)36-15-12-28-47-31-36)30-44(49-45)35-26-27-42-40(29-35)39-20-10-11-21-41(39)46(42,37-16-6-2-7-17-37)38-18-8-3-9-19-38;1-40(2)34-20-19-30(23-33(34)38-32-13-7-6-9-27(32)18-21-35(38)40)37-24-36(42-39(43-37)29-10-4-3-5-11-29)28-16-14-26(15-17-28)31-12-8-22-41-25-31/h1-30H;1-31H;3-25H,1-2H3. The predicted octanol–water partition coefficient (Wildman–Crippen LogP) is 32.4. The zero-order valence-corrected chi connectivity index (χ0v) is 77.6. The molecule has 23 aromatic rings. The van der Waals surface area contributed by atoms with Crippen molar-refractivity contribution in [1.29, 1.82) is 0 Å². The van der Waals surface area contributed by atoms with Gasteiger partial charge in [0.1, 0.15) is 0 Å². The van der Waals surface area contributed by atoms with E-state index in [1.807, 2.05) is 85.2 Å². The highest BCUT2D eigenvalue weighted by atomic mass is 14.9. The summed E-state index contributed by atoms with van der Waals surface area (Å²) in [5, 5.41) is 2.56. The second-order valence-electron chi connectivity index (χ2n) is 37.1. The van der Waals surface area contributed by atoms with Crippen LogP contribution in [0, 0.1) is 0 Å².